The van der Waals surface area contributed by atoms with Crippen LogP contribution >= 0.6 is 27.3 Å². The van der Waals surface area contributed by atoms with Crippen molar-refractivity contribution in [2.24, 2.45) is 5.10 Å². The Bertz CT molecular complexity index is 1370. The molecule has 1 amide bonds. The number of nitrogens with zero attached hydrogens (tertiary/aromatic N) is 3. The molecule has 4 rings (SSSR count). The molecule has 1 aromatic heterocycles. The van der Waals surface area contributed by atoms with Gasteiger partial charge >= 0.3 is 0 Å². The zero-order valence-corrected chi connectivity index (χ0v) is 20.0. The van der Waals surface area contributed by atoms with Crippen molar-refractivity contribution in [2.45, 2.75) is 11.3 Å². The maximum Gasteiger partial charge on any atom is 0.250 e. The standard InChI is InChI=1S/C23H18BrN3O3S2/c24-18-11-12-20-21(15-18)31-23(26-20)27(25-16-17-7-3-1-4-8-17)22(28)13-14-32(29,30)19-9-5-2-6-10-19/h1-12,15-16H,13-14H2/b25-16+. The summed E-state index contributed by atoms with van der Waals surface area (Å²) in [6, 6.07) is 23.1. The van der Waals surface area contributed by atoms with Crippen LogP contribution in [0.1, 0.15) is 12.0 Å². The second kappa shape index (κ2) is 9.72. The number of anilines is 1. The van der Waals surface area contributed by atoms with Gasteiger partial charge in [0.2, 0.25) is 5.13 Å². The third kappa shape index (κ3) is 5.29. The Hall–Kier alpha value is -2.88. The van der Waals surface area contributed by atoms with E-state index in [0.717, 1.165) is 20.3 Å². The summed E-state index contributed by atoms with van der Waals surface area (Å²) in [4.78, 5) is 17.8. The van der Waals surface area contributed by atoms with Gasteiger partial charge in [0, 0.05) is 10.9 Å². The molecule has 0 radical (unpaired) electrons. The van der Waals surface area contributed by atoms with Crippen molar-refractivity contribution in [1.29, 1.82) is 0 Å². The Labute approximate surface area is 198 Å². The largest absolute Gasteiger partial charge is 0.272 e. The van der Waals surface area contributed by atoms with Crippen molar-refractivity contribution in [2.75, 3.05) is 10.8 Å². The fourth-order valence-electron chi connectivity index (χ4n) is 2.93. The maximum absolute atomic E-state index is 13.1. The fourth-order valence-corrected chi connectivity index (χ4v) is 5.68. The highest BCUT2D eigenvalue weighted by molar-refractivity contribution is 9.10. The Kier molecular flexibility index (Phi) is 6.78. The first-order valence-corrected chi connectivity index (χ1v) is 12.9. The predicted octanol–water partition coefficient (Wildman–Crippen LogP) is 5.29. The molecule has 0 unspecified atom stereocenters. The van der Waals surface area contributed by atoms with Crippen molar-refractivity contribution in [3.63, 3.8) is 0 Å². The first-order valence-electron chi connectivity index (χ1n) is 9.68. The van der Waals surface area contributed by atoms with E-state index in [0.29, 0.717) is 5.13 Å². The zero-order valence-electron chi connectivity index (χ0n) is 16.8. The molecule has 0 bridgehead atoms. The summed E-state index contributed by atoms with van der Waals surface area (Å²) in [5.41, 5.74) is 1.55. The molecular weight excluding hydrogens is 510 g/mol. The van der Waals surface area contributed by atoms with Gasteiger partial charge in [-0.05, 0) is 35.9 Å². The number of hydrogen-bond donors (Lipinski definition) is 0. The van der Waals surface area contributed by atoms with Crippen molar-refractivity contribution in [3.05, 3.63) is 88.9 Å². The van der Waals surface area contributed by atoms with Crippen LogP contribution < -0.4 is 5.01 Å². The number of halogens is 1. The van der Waals surface area contributed by atoms with Crippen LogP contribution in [0.4, 0.5) is 5.13 Å². The summed E-state index contributed by atoms with van der Waals surface area (Å²) < 4.78 is 27.0. The number of rotatable bonds is 7. The summed E-state index contributed by atoms with van der Waals surface area (Å²) >= 11 is 4.75. The monoisotopic (exact) mass is 527 g/mol. The predicted molar refractivity (Wildman–Crippen MR) is 132 cm³/mol. The minimum atomic E-state index is -3.59. The average molecular weight is 528 g/mol. The van der Waals surface area contributed by atoms with E-state index in [1.54, 1.807) is 24.4 Å². The van der Waals surface area contributed by atoms with E-state index >= 15 is 0 Å². The maximum atomic E-state index is 13.1. The van der Waals surface area contributed by atoms with Crippen LogP contribution in [0.15, 0.2) is 93.3 Å². The lowest BCUT2D eigenvalue weighted by atomic mass is 10.2. The van der Waals surface area contributed by atoms with Gasteiger partial charge in [0.25, 0.3) is 5.91 Å². The van der Waals surface area contributed by atoms with E-state index in [1.807, 2.05) is 48.5 Å². The number of aromatic nitrogens is 1. The Balaban J connectivity index is 1.62. The van der Waals surface area contributed by atoms with Gasteiger partial charge in [-0.1, -0.05) is 75.8 Å². The Morgan fingerprint density at radius 2 is 1.72 bits per heavy atom. The number of carbonyl (C=O) groups excluding carboxylic acids is 1. The second-order valence-electron chi connectivity index (χ2n) is 6.85. The Morgan fingerprint density at radius 3 is 2.44 bits per heavy atom. The first kappa shape index (κ1) is 22.3. The van der Waals surface area contributed by atoms with Crippen LogP contribution in [0.2, 0.25) is 0 Å². The van der Waals surface area contributed by atoms with E-state index in [1.165, 1.54) is 28.5 Å². The van der Waals surface area contributed by atoms with Crippen LogP contribution in [0.5, 0.6) is 0 Å². The molecule has 162 valence electrons. The molecule has 0 spiro atoms. The highest BCUT2D eigenvalue weighted by atomic mass is 79.9. The van der Waals surface area contributed by atoms with Gasteiger partial charge in [-0.3, -0.25) is 4.79 Å². The molecule has 0 saturated heterocycles. The molecule has 4 aromatic rings. The number of carbonyl (C=O) groups is 1. The summed E-state index contributed by atoms with van der Waals surface area (Å²) in [6.45, 7) is 0. The van der Waals surface area contributed by atoms with Crippen LogP contribution in [0.25, 0.3) is 10.2 Å². The van der Waals surface area contributed by atoms with Crippen LogP contribution in [0.3, 0.4) is 0 Å². The molecule has 6 nitrogen and oxygen atoms in total. The molecule has 0 fully saturated rings. The summed E-state index contributed by atoms with van der Waals surface area (Å²) in [6.07, 6.45) is 1.34. The van der Waals surface area contributed by atoms with E-state index in [9.17, 15) is 13.2 Å². The van der Waals surface area contributed by atoms with Crippen molar-refractivity contribution >= 4 is 64.6 Å². The van der Waals surface area contributed by atoms with Crippen LogP contribution in [0, 0.1) is 0 Å². The number of amides is 1. The third-order valence-corrected chi connectivity index (χ3v) is 7.78. The molecular formula is C23H18BrN3O3S2. The lowest BCUT2D eigenvalue weighted by Gasteiger charge is -2.14. The van der Waals surface area contributed by atoms with Crippen LogP contribution in [-0.2, 0) is 14.6 Å². The smallest absolute Gasteiger partial charge is 0.250 e. The molecule has 0 aliphatic carbocycles. The highest BCUT2D eigenvalue weighted by Gasteiger charge is 2.23. The lowest BCUT2D eigenvalue weighted by Crippen LogP contribution is -2.27. The van der Waals surface area contributed by atoms with Crippen LogP contribution in [-0.4, -0.2) is 31.3 Å². The molecule has 0 saturated carbocycles. The van der Waals surface area contributed by atoms with Gasteiger partial charge in [-0.2, -0.15) is 10.1 Å². The summed E-state index contributed by atoms with van der Waals surface area (Å²) in [5, 5.41) is 5.92. The lowest BCUT2D eigenvalue weighted by molar-refractivity contribution is -0.118. The SMILES string of the molecule is O=C(CCS(=O)(=O)c1ccccc1)N(/N=C/c1ccccc1)c1nc2ccc(Br)cc2s1. The highest BCUT2D eigenvalue weighted by Crippen LogP contribution is 2.31. The third-order valence-electron chi connectivity index (χ3n) is 4.57. The van der Waals surface area contributed by atoms with Gasteiger partial charge in [-0.15, -0.1) is 0 Å². The molecule has 0 N–H and O–H groups in total. The minimum absolute atomic E-state index is 0.192. The number of benzene rings is 3. The molecule has 9 heteroatoms. The number of hydrogen-bond acceptors (Lipinski definition) is 6. The van der Waals surface area contributed by atoms with E-state index in [2.05, 4.69) is 26.0 Å². The average Bonchev–Trinajstić information content (AvgIpc) is 3.22. The van der Waals surface area contributed by atoms with Gasteiger partial charge in [0.15, 0.2) is 9.84 Å². The normalized spacial score (nSPS) is 11.8. The molecule has 0 aliphatic rings. The Morgan fingerprint density at radius 1 is 1.03 bits per heavy atom. The summed E-state index contributed by atoms with van der Waals surface area (Å²) in [5.74, 6) is -0.765. The fraction of sp³-hybridized carbons (Fsp3) is 0.0870. The number of hydrazone groups is 1. The van der Waals surface area contributed by atoms with Gasteiger partial charge < -0.3 is 0 Å². The quantitative estimate of drug-likeness (QED) is 0.241. The molecule has 32 heavy (non-hydrogen) atoms. The van der Waals surface area contributed by atoms with E-state index < -0.39 is 15.7 Å². The van der Waals surface area contributed by atoms with Crippen molar-refractivity contribution in [1.82, 2.24) is 4.98 Å². The molecule has 3 aromatic carbocycles. The first-order chi connectivity index (χ1) is 15.4. The number of sulfone groups is 1. The van der Waals surface area contributed by atoms with E-state index in [4.69, 9.17) is 0 Å². The van der Waals surface area contributed by atoms with E-state index in [-0.39, 0.29) is 17.1 Å². The van der Waals surface area contributed by atoms with Gasteiger partial charge in [0.05, 0.1) is 27.1 Å². The molecule has 0 aliphatic heterocycles. The molecule has 1 heterocycles. The van der Waals surface area contributed by atoms with Gasteiger partial charge in [0.1, 0.15) is 0 Å². The summed E-state index contributed by atoms with van der Waals surface area (Å²) in [7, 11) is -3.59. The van der Waals surface area contributed by atoms with Crippen molar-refractivity contribution in [3.8, 4) is 0 Å². The minimum Gasteiger partial charge on any atom is -0.272 e. The number of fused-ring (bicyclic) bond motifs is 1. The zero-order chi connectivity index (χ0) is 22.6. The number of thiazole rings is 1. The molecule has 0 atom stereocenters. The van der Waals surface area contributed by atoms with Crippen molar-refractivity contribution < 1.29 is 13.2 Å². The topological polar surface area (TPSA) is 79.7 Å². The second-order valence-corrected chi connectivity index (χ2v) is 10.9. The van der Waals surface area contributed by atoms with Gasteiger partial charge in [-0.25, -0.2) is 13.4 Å².